The van der Waals surface area contributed by atoms with Crippen molar-refractivity contribution in [3.8, 4) is 0 Å². The lowest BCUT2D eigenvalue weighted by molar-refractivity contribution is -0.118. The van der Waals surface area contributed by atoms with Gasteiger partial charge >= 0.3 is 0 Å². The minimum atomic E-state index is 0.201. The lowest BCUT2D eigenvalue weighted by Crippen LogP contribution is -1.94. The van der Waals surface area contributed by atoms with E-state index < -0.39 is 0 Å². The van der Waals surface area contributed by atoms with Crippen molar-refractivity contribution >= 4 is 5.78 Å². The van der Waals surface area contributed by atoms with Gasteiger partial charge in [-0.15, -0.1) is 13.2 Å². The van der Waals surface area contributed by atoms with E-state index in [9.17, 15) is 4.79 Å². The van der Waals surface area contributed by atoms with E-state index in [-0.39, 0.29) is 5.78 Å². The molecule has 0 spiro atoms. The van der Waals surface area contributed by atoms with E-state index in [2.05, 4.69) is 32.9 Å². The SMILES string of the molecule is C=C.C=C(/C=C\C(=C)C(=C)/C=C\C)CC(=O)CC. The van der Waals surface area contributed by atoms with Crippen LogP contribution in [-0.4, -0.2) is 5.78 Å². The topological polar surface area (TPSA) is 17.1 Å². The largest absolute Gasteiger partial charge is 0.299 e. The molecule has 0 aromatic rings. The number of rotatable bonds is 7. The first-order chi connectivity index (χ1) is 8.51. The van der Waals surface area contributed by atoms with Crippen LogP contribution in [0, 0.1) is 0 Å². The van der Waals surface area contributed by atoms with Crippen LogP contribution in [0.25, 0.3) is 0 Å². The first-order valence-corrected chi connectivity index (χ1v) is 5.89. The predicted molar refractivity (Wildman–Crippen MR) is 82.5 cm³/mol. The molecule has 0 aromatic heterocycles. The Balaban J connectivity index is 0. The van der Waals surface area contributed by atoms with Gasteiger partial charge in [0, 0.05) is 12.8 Å². The highest BCUT2D eigenvalue weighted by Crippen LogP contribution is 2.11. The van der Waals surface area contributed by atoms with Gasteiger partial charge in [-0.3, -0.25) is 4.79 Å². The Morgan fingerprint density at radius 3 is 1.94 bits per heavy atom. The van der Waals surface area contributed by atoms with Crippen molar-refractivity contribution in [2.45, 2.75) is 26.7 Å². The van der Waals surface area contributed by atoms with Crippen molar-refractivity contribution in [1.82, 2.24) is 0 Å². The molecular weight excluding hydrogens is 220 g/mol. The number of Topliss-reactive ketones (excluding diaryl/α,β-unsaturated/α-hetero) is 1. The average molecular weight is 244 g/mol. The normalized spacial score (nSPS) is 9.89. The molecular formula is C17H24O. The molecule has 0 N–H and O–H groups in total. The molecule has 0 aliphatic rings. The van der Waals surface area contributed by atoms with Gasteiger partial charge in [0.2, 0.25) is 0 Å². The van der Waals surface area contributed by atoms with Crippen LogP contribution >= 0.6 is 0 Å². The highest BCUT2D eigenvalue weighted by Gasteiger charge is 1.99. The maximum Gasteiger partial charge on any atom is 0.136 e. The Labute approximate surface area is 112 Å². The second-order valence-electron chi connectivity index (χ2n) is 3.61. The molecule has 0 heterocycles. The lowest BCUT2D eigenvalue weighted by Gasteiger charge is -2.00. The van der Waals surface area contributed by atoms with Crippen molar-refractivity contribution < 1.29 is 4.79 Å². The van der Waals surface area contributed by atoms with Gasteiger partial charge in [-0.25, -0.2) is 0 Å². The van der Waals surface area contributed by atoms with Crippen molar-refractivity contribution in [3.05, 3.63) is 73.9 Å². The minimum absolute atomic E-state index is 0.201. The maximum atomic E-state index is 11.2. The molecule has 0 aromatic carbocycles. The summed E-state index contributed by atoms with van der Waals surface area (Å²) < 4.78 is 0. The smallest absolute Gasteiger partial charge is 0.136 e. The molecule has 0 saturated heterocycles. The van der Waals surface area contributed by atoms with Gasteiger partial charge in [0.15, 0.2) is 0 Å². The van der Waals surface area contributed by atoms with Gasteiger partial charge in [-0.05, 0) is 23.6 Å². The van der Waals surface area contributed by atoms with Crippen LogP contribution in [0.2, 0.25) is 0 Å². The van der Waals surface area contributed by atoms with Gasteiger partial charge in [-0.2, -0.15) is 0 Å². The Morgan fingerprint density at radius 2 is 1.50 bits per heavy atom. The molecule has 0 atom stereocenters. The van der Waals surface area contributed by atoms with E-state index in [0.29, 0.717) is 12.8 Å². The Hall–Kier alpha value is -1.89. The highest BCUT2D eigenvalue weighted by molar-refractivity contribution is 5.80. The summed E-state index contributed by atoms with van der Waals surface area (Å²) in [6.45, 7) is 21.4. The molecule has 0 saturated carbocycles. The Kier molecular flexibility index (Phi) is 11.9. The highest BCUT2D eigenvalue weighted by atomic mass is 16.1. The van der Waals surface area contributed by atoms with Crippen LogP contribution in [0.15, 0.2) is 73.9 Å². The molecule has 0 fully saturated rings. The van der Waals surface area contributed by atoms with Crippen LogP contribution in [0.3, 0.4) is 0 Å². The zero-order valence-electron chi connectivity index (χ0n) is 11.7. The van der Waals surface area contributed by atoms with Crippen molar-refractivity contribution in [2.24, 2.45) is 0 Å². The molecule has 0 aliphatic heterocycles. The number of carbonyl (C=O) groups is 1. The fraction of sp³-hybridized carbons (Fsp3) is 0.235. The molecule has 1 heteroatoms. The summed E-state index contributed by atoms with van der Waals surface area (Å²) in [5.74, 6) is 0.201. The number of ketones is 1. The van der Waals surface area contributed by atoms with Crippen molar-refractivity contribution in [1.29, 1.82) is 0 Å². The van der Waals surface area contributed by atoms with Crippen molar-refractivity contribution in [3.63, 3.8) is 0 Å². The van der Waals surface area contributed by atoms with Crippen LogP contribution in [-0.2, 0) is 4.79 Å². The van der Waals surface area contributed by atoms with Crippen LogP contribution in [0.4, 0.5) is 0 Å². The predicted octanol–water partition coefficient (Wildman–Crippen LogP) is 4.96. The zero-order chi connectivity index (χ0) is 14.6. The third-order valence-corrected chi connectivity index (χ3v) is 2.12. The van der Waals surface area contributed by atoms with Crippen LogP contribution in [0.1, 0.15) is 26.7 Å². The molecule has 0 rings (SSSR count). The van der Waals surface area contributed by atoms with Gasteiger partial charge in [0.1, 0.15) is 5.78 Å². The number of hydrogen-bond acceptors (Lipinski definition) is 1. The number of allylic oxidation sites excluding steroid dienone is 7. The molecule has 0 unspecified atom stereocenters. The summed E-state index contributed by atoms with van der Waals surface area (Å²) in [5.41, 5.74) is 2.51. The average Bonchev–Trinajstić information content (AvgIpc) is 2.38. The van der Waals surface area contributed by atoms with E-state index in [4.69, 9.17) is 0 Å². The van der Waals surface area contributed by atoms with Gasteiger partial charge in [0.05, 0.1) is 0 Å². The van der Waals surface area contributed by atoms with Crippen molar-refractivity contribution in [2.75, 3.05) is 0 Å². The second kappa shape index (κ2) is 11.6. The number of hydrogen-bond donors (Lipinski definition) is 0. The van der Waals surface area contributed by atoms with E-state index in [0.717, 1.165) is 16.7 Å². The molecule has 0 aliphatic carbocycles. The minimum Gasteiger partial charge on any atom is -0.299 e. The summed E-state index contributed by atoms with van der Waals surface area (Å²) in [6.07, 6.45) is 8.44. The molecule has 1 nitrogen and oxygen atoms in total. The van der Waals surface area contributed by atoms with E-state index in [1.807, 2.05) is 38.2 Å². The molecule has 18 heavy (non-hydrogen) atoms. The maximum absolute atomic E-state index is 11.2. The van der Waals surface area contributed by atoms with Crippen LogP contribution < -0.4 is 0 Å². The van der Waals surface area contributed by atoms with E-state index in [1.165, 1.54) is 0 Å². The third kappa shape index (κ3) is 9.34. The first-order valence-electron chi connectivity index (χ1n) is 5.89. The van der Waals surface area contributed by atoms with E-state index >= 15 is 0 Å². The monoisotopic (exact) mass is 244 g/mol. The molecule has 0 bridgehead atoms. The molecule has 98 valence electrons. The van der Waals surface area contributed by atoms with Gasteiger partial charge < -0.3 is 0 Å². The van der Waals surface area contributed by atoms with Gasteiger partial charge in [0.25, 0.3) is 0 Å². The summed E-state index contributed by atoms with van der Waals surface area (Å²) >= 11 is 0. The summed E-state index contributed by atoms with van der Waals surface area (Å²) in [5, 5.41) is 0. The third-order valence-electron chi connectivity index (χ3n) is 2.12. The Bertz CT molecular complexity index is 367. The second-order valence-corrected chi connectivity index (χ2v) is 3.61. The first kappa shape index (κ1) is 18.5. The lowest BCUT2D eigenvalue weighted by atomic mass is 10.1. The standard InChI is InChI=1S/C15H20O.C2H4/c1-6-8-13(4)14(5)10-9-12(3)11-15(16)7-2;1-2/h6,8-10H,3-5,7,11H2,1-2H3;1-2H2/b8-6-,10-9-;. The summed E-state index contributed by atoms with van der Waals surface area (Å²) in [7, 11) is 0. The van der Waals surface area contributed by atoms with Gasteiger partial charge in [-0.1, -0.05) is 51.0 Å². The summed E-state index contributed by atoms with van der Waals surface area (Å²) in [4.78, 5) is 11.2. The Morgan fingerprint density at radius 1 is 1.00 bits per heavy atom. The number of carbonyl (C=O) groups excluding carboxylic acids is 1. The fourth-order valence-corrected chi connectivity index (χ4v) is 1.07. The van der Waals surface area contributed by atoms with E-state index in [1.54, 1.807) is 0 Å². The fourth-order valence-electron chi connectivity index (χ4n) is 1.07. The molecule has 0 amide bonds. The molecule has 0 radical (unpaired) electrons. The van der Waals surface area contributed by atoms with Crippen LogP contribution in [0.5, 0.6) is 0 Å². The quantitative estimate of drug-likeness (QED) is 0.457. The zero-order valence-corrected chi connectivity index (χ0v) is 11.7. The summed E-state index contributed by atoms with van der Waals surface area (Å²) in [6, 6.07) is 0.